The van der Waals surface area contributed by atoms with Crippen LogP contribution >= 0.6 is 0 Å². The fourth-order valence-electron chi connectivity index (χ4n) is 5.54. The Hall–Kier alpha value is -3.17. The molecule has 202 valence electrons. The van der Waals surface area contributed by atoms with Crippen molar-refractivity contribution in [2.45, 2.75) is 44.4 Å². The fourth-order valence-corrected chi connectivity index (χ4v) is 5.54. The number of carbonyl (C=O) groups excluding carboxylic acids is 1. The molecule has 0 bridgehead atoms. The lowest BCUT2D eigenvalue weighted by molar-refractivity contribution is -0.137. The molecule has 5 rings (SSSR count). The minimum atomic E-state index is -4.34. The van der Waals surface area contributed by atoms with Gasteiger partial charge in [-0.2, -0.15) is 13.2 Å². The van der Waals surface area contributed by atoms with Gasteiger partial charge in [-0.3, -0.25) is 14.6 Å². The minimum Gasteiger partial charge on any atom is -0.345 e. The molecule has 0 saturated carbocycles. The molecule has 0 aliphatic carbocycles. The van der Waals surface area contributed by atoms with Crippen LogP contribution in [-0.4, -0.2) is 75.9 Å². The zero-order valence-electron chi connectivity index (χ0n) is 21.5. The number of aromatic amines is 1. The molecule has 0 radical (unpaired) electrons. The van der Waals surface area contributed by atoms with Gasteiger partial charge in [0.15, 0.2) is 0 Å². The van der Waals surface area contributed by atoms with E-state index in [0.29, 0.717) is 18.9 Å². The molecular formula is C29H34F3N5O. The number of H-pyrrole nitrogens is 1. The van der Waals surface area contributed by atoms with Crippen molar-refractivity contribution < 1.29 is 18.0 Å². The van der Waals surface area contributed by atoms with Crippen LogP contribution < -0.4 is 0 Å². The zero-order chi connectivity index (χ0) is 26.5. The van der Waals surface area contributed by atoms with Crippen LogP contribution in [0.2, 0.25) is 0 Å². The first-order chi connectivity index (χ1) is 18.3. The van der Waals surface area contributed by atoms with Gasteiger partial charge in [0.25, 0.3) is 0 Å². The number of halogens is 3. The normalized spacial score (nSPS) is 18.1. The lowest BCUT2D eigenvalue weighted by Crippen LogP contribution is -2.53. The lowest BCUT2D eigenvalue weighted by Gasteiger charge is -2.43. The van der Waals surface area contributed by atoms with Crippen LogP contribution in [0.15, 0.2) is 60.9 Å². The summed E-state index contributed by atoms with van der Waals surface area (Å²) in [5.74, 6) is 0.978. The highest BCUT2D eigenvalue weighted by molar-refractivity contribution is 5.76. The van der Waals surface area contributed by atoms with Crippen LogP contribution in [0.1, 0.15) is 36.0 Å². The Morgan fingerprint density at radius 3 is 2.34 bits per heavy atom. The van der Waals surface area contributed by atoms with Gasteiger partial charge in [0.1, 0.15) is 5.82 Å². The Morgan fingerprint density at radius 2 is 1.68 bits per heavy atom. The predicted molar refractivity (Wildman–Crippen MR) is 140 cm³/mol. The van der Waals surface area contributed by atoms with E-state index in [1.165, 1.54) is 17.7 Å². The van der Waals surface area contributed by atoms with Gasteiger partial charge in [0.2, 0.25) is 5.91 Å². The Morgan fingerprint density at radius 1 is 0.947 bits per heavy atom. The SMILES string of the molecule is O=C(CCc1ccc(C(F)(F)F)cc1)N1CCC(N2CCN(Cc3cccc(-c4ncc[nH]4)c3)CC2)CC1. The maximum Gasteiger partial charge on any atom is 0.416 e. The summed E-state index contributed by atoms with van der Waals surface area (Å²) in [6.07, 6.45) is 2.00. The van der Waals surface area contributed by atoms with E-state index in [9.17, 15) is 18.0 Å². The number of aromatic nitrogens is 2. The molecule has 1 aromatic heterocycles. The van der Waals surface area contributed by atoms with Gasteiger partial charge in [-0.15, -0.1) is 0 Å². The van der Waals surface area contributed by atoms with Crippen LogP contribution in [0.4, 0.5) is 13.2 Å². The van der Waals surface area contributed by atoms with Crippen LogP contribution in [-0.2, 0) is 23.9 Å². The van der Waals surface area contributed by atoms with E-state index in [-0.39, 0.29) is 5.91 Å². The summed E-state index contributed by atoms with van der Waals surface area (Å²) in [6, 6.07) is 14.1. The number of rotatable bonds is 7. The third kappa shape index (κ3) is 6.63. The highest BCUT2D eigenvalue weighted by Gasteiger charge is 2.31. The lowest BCUT2D eigenvalue weighted by atomic mass is 10.0. The van der Waals surface area contributed by atoms with E-state index in [2.05, 4.69) is 44.0 Å². The number of hydrogen-bond acceptors (Lipinski definition) is 4. The monoisotopic (exact) mass is 525 g/mol. The number of piperazine rings is 1. The van der Waals surface area contributed by atoms with Crippen molar-refractivity contribution in [2.24, 2.45) is 0 Å². The highest BCUT2D eigenvalue weighted by atomic mass is 19.4. The number of amides is 1. The molecule has 3 heterocycles. The number of alkyl halides is 3. The number of aryl methyl sites for hydroxylation is 1. The molecule has 2 fully saturated rings. The largest absolute Gasteiger partial charge is 0.416 e. The number of nitrogens with zero attached hydrogens (tertiary/aromatic N) is 4. The Bertz CT molecular complexity index is 1180. The quantitative estimate of drug-likeness (QED) is 0.480. The van der Waals surface area contributed by atoms with Gasteiger partial charge < -0.3 is 9.88 Å². The Balaban J connectivity index is 1.03. The Kier molecular flexibility index (Phi) is 8.14. The highest BCUT2D eigenvalue weighted by Crippen LogP contribution is 2.29. The molecule has 1 amide bonds. The summed E-state index contributed by atoms with van der Waals surface area (Å²) in [5.41, 5.74) is 2.49. The number of carbonyl (C=O) groups is 1. The zero-order valence-corrected chi connectivity index (χ0v) is 21.5. The van der Waals surface area contributed by atoms with Crippen molar-refractivity contribution in [3.63, 3.8) is 0 Å². The molecule has 3 aromatic rings. The number of likely N-dealkylation sites (tertiary alicyclic amines) is 1. The molecule has 0 spiro atoms. The van der Waals surface area contributed by atoms with Gasteiger partial charge >= 0.3 is 6.18 Å². The van der Waals surface area contributed by atoms with Gasteiger partial charge in [-0.05, 0) is 48.6 Å². The molecule has 9 heteroatoms. The number of nitrogens with one attached hydrogen (secondary N) is 1. The van der Waals surface area contributed by atoms with Crippen molar-refractivity contribution in [3.8, 4) is 11.4 Å². The molecule has 6 nitrogen and oxygen atoms in total. The van der Waals surface area contributed by atoms with Crippen molar-refractivity contribution in [1.82, 2.24) is 24.7 Å². The summed E-state index contributed by atoms with van der Waals surface area (Å²) in [7, 11) is 0. The third-order valence-corrected chi connectivity index (χ3v) is 7.75. The molecule has 2 aliphatic rings. The first-order valence-electron chi connectivity index (χ1n) is 13.3. The molecule has 2 saturated heterocycles. The molecular weight excluding hydrogens is 491 g/mol. The topological polar surface area (TPSA) is 55.5 Å². The van der Waals surface area contributed by atoms with Gasteiger partial charge in [0.05, 0.1) is 5.56 Å². The predicted octanol–water partition coefficient (Wildman–Crippen LogP) is 4.84. The second-order valence-corrected chi connectivity index (χ2v) is 10.3. The third-order valence-electron chi connectivity index (χ3n) is 7.75. The van der Waals surface area contributed by atoms with Crippen molar-refractivity contribution in [3.05, 3.63) is 77.6 Å². The van der Waals surface area contributed by atoms with Crippen molar-refractivity contribution in [1.29, 1.82) is 0 Å². The molecule has 1 N–H and O–H groups in total. The van der Waals surface area contributed by atoms with Crippen molar-refractivity contribution >= 4 is 5.91 Å². The summed E-state index contributed by atoms with van der Waals surface area (Å²) in [6.45, 7) is 6.53. The summed E-state index contributed by atoms with van der Waals surface area (Å²) in [4.78, 5) is 27.2. The standard InChI is InChI=1S/C29H34F3N5O/c30-29(31,32)25-7-4-22(5-8-25)6-9-27(38)37-14-10-26(11-15-37)36-18-16-35(17-19-36)21-23-2-1-3-24(20-23)28-33-12-13-34-28/h1-5,7-8,12-13,20,26H,6,9-11,14-19,21H2,(H,33,34). The fraction of sp³-hybridized carbons (Fsp3) is 0.448. The first kappa shape index (κ1) is 26.4. The van der Waals surface area contributed by atoms with Crippen LogP contribution in [0, 0.1) is 0 Å². The second-order valence-electron chi connectivity index (χ2n) is 10.3. The minimum absolute atomic E-state index is 0.0879. The van der Waals surface area contributed by atoms with E-state index >= 15 is 0 Å². The van der Waals surface area contributed by atoms with Crippen LogP contribution in [0.5, 0.6) is 0 Å². The number of hydrogen-bond donors (Lipinski definition) is 1. The first-order valence-corrected chi connectivity index (χ1v) is 13.3. The Labute approximate surface area is 221 Å². The summed E-state index contributed by atoms with van der Waals surface area (Å²) >= 11 is 0. The van der Waals surface area contributed by atoms with E-state index in [4.69, 9.17) is 0 Å². The maximum atomic E-state index is 12.7. The molecule has 0 unspecified atom stereocenters. The number of benzene rings is 2. The average molecular weight is 526 g/mol. The van der Waals surface area contributed by atoms with Crippen LogP contribution in [0.3, 0.4) is 0 Å². The van der Waals surface area contributed by atoms with E-state index in [1.807, 2.05) is 11.1 Å². The van der Waals surface area contributed by atoms with Gasteiger partial charge in [-0.1, -0.05) is 30.3 Å². The van der Waals surface area contributed by atoms with E-state index < -0.39 is 11.7 Å². The van der Waals surface area contributed by atoms with Gasteiger partial charge in [0, 0.05) is 76.2 Å². The summed E-state index contributed by atoms with van der Waals surface area (Å²) < 4.78 is 38.2. The number of piperidine rings is 1. The molecule has 2 aliphatic heterocycles. The average Bonchev–Trinajstić information content (AvgIpc) is 3.48. The molecule has 38 heavy (non-hydrogen) atoms. The smallest absolute Gasteiger partial charge is 0.345 e. The van der Waals surface area contributed by atoms with E-state index in [1.54, 1.807) is 6.20 Å². The van der Waals surface area contributed by atoms with Crippen LogP contribution in [0.25, 0.3) is 11.4 Å². The summed E-state index contributed by atoms with van der Waals surface area (Å²) in [5, 5.41) is 0. The van der Waals surface area contributed by atoms with Gasteiger partial charge in [-0.25, -0.2) is 4.98 Å². The molecule has 2 aromatic carbocycles. The second kappa shape index (κ2) is 11.7. The van der Waals surface area contributed by atoms with Crippen molar-refractivity contribution in [2.75, 3.05) is 39.3 Å². The maximum absolute atomic E-state index is 12.7. The van der Waals surface area contributed by atoms with E-state index in [0.717, 1.165) is 87.7 Å². The molecule has 0 atom stereocenters. The number of imidazole rings is 1.